The van der Waals surface area contributed by atoms with Crippen LogP contribution in [-0.4, -0.2) is 28.3 Å². The van der Waals surface area contributed by atoms with E-state index in [2.05, 4.69) is 43.2 Å². The van der Waals surface area contributed by atoms with Crippen LogP contribution in [0.25, 0.3) is 0 Å². The van der Waals surface area contributed by atoms with Gasteiger partial charge in [0.15, 0.2) is 11.5 Å². The molecule has 0 fully saturated rings. The average Bonchev–Trinajstić information content (AvgIpc) is 3.11. The Morgan fingerprint density at radius 3 is 2.35 bits per heavy atom. The van der Waals surface area contributed by atoms with E-state index in [1.54, 1.807) is 11.8 Å². The standard InChI is InChI=1S/C26H35NO3S/c1-18(28)29-23-11-8-19(14-24(23)30-25(2,3)4)12-13-26(5,6)27-16-20-9-10-22(31-7)15-21(20)17-27/h8-11,14-15H,12-13,16-17H2,1-7H3. The predicted octanol–water partition coefficient (Wildman–Crippen LogP) is 6.24. The SMILES string of the molecule is CSc1ccc2c(c1)CN(C(C)(C)CCc1ccc(OC(C)=O)c(OC(C)(C)C)c1)C2. The van der Waals surface area contributed by atoms with Crippen molar-refractivity contribution in [2.24, 2.45) is 0 Å². The van der Waals surface area contributed by atoms with Crippen LogP contribution in [0.1, 0.15) is 64.7 Å². The Morgan fingerprint density at radius 2 is 1.71 bits per heavy atom. The monoisotopic (exact) mass is 441 g/mol. The molecule has 3 rings (SSSR count). The third-order valence-electron chi connectivity index (χ3n) is 5.70. The molecule has 1 heterocycles. The van der Waals surface area contributed by atoms with Gasteiger partial charge >= 0.3 is 5.97 Å². The Bertz CT molecular complexity index is 946. The molecule has 0 aromatic heterocycles. The van der Waals surface area contributed by atoms with E-state index in [-0.39, 0.29) is 17.1 Å². The van der Waals surface area contributed by atoms with Crippen LogP contribution in [0.3, 0.4) is 0 Å². The number of benzene rings is 2. The fourth-order valence-electron chi connectivity index (χ4n) is 3.89. The smallest absolute Gasteiger partial charge is 0.308 e. The molecule has 2 aromatic carbocycles. The molecule has 1 aliphatic heterocycles. The highest BCUT2D eigenvalue weighted by atomic mass is 32.2. The van der Waals surface area contributed by atoms with Crippen LogP contribution < -0.4 is 9.47 Å². The number of esters is 1. The molecular formula is C26H35NO3S. The first-order chi connectivity index (χ1) is 14.5. The van der Waals surface area contributed by atoms with Crippen LogP contribution >= 0.6 is 11.8 Å². The topological polar surface area (TPSA) is 38.8 Å². The van der Waals surface area contributed by atoms with Crippen LogP contribution in [0.2, 0.25) is 0 Å². The predicted molar refractivity (Wildman–Crippen MR) is 128 cm³/mol. The summed E-state index contributed by atoms with van der Waals surface area (Å²) in [6, 6.07) is 12.7. The molecular weight excluding hydrogens is 406 g/mol. The van der Waals surface area contributed by atoms with E-state index in [1.165, 1.54) is 28.5 Å². The van der Waals surface area contributed by atoms with Crippen molar-refractivity contribution < 1.29 is 14.3 Å². The van der Waals surface area contributed by atoms with Crippen molar-refractivity contribution in [3.63, 3.8) is 0 Å². The average molecular weight is 442 g/mol. The zero-order valence-corrected chi connectivity index (χ0v) is 20.7. The van der Waals surface area contributed by atoms with Gasteiger partial charge in [0.25, 0.3) is 0 Å². The van der Waals surface area contributed by atoms with Crippen LogP contribution in [0.5, 0.6) is 11.5 Å². The van der Waals surface area contributed by atoms with Crippen molar-refractivity contribution in [1.82, 2.24) is 4.90 Å². The first kappa shape index (κ1) is 23.7. The number of aryl methyl sites for hydroxylation is 1. The van der Waals surface area contributed by atoms with Crippen LogP contribution in [0.15, 0.2) is 41.3 Å². The molecule has 0 unspecified atom stereocenters. The van der Waals surface area contributed by atoms with Gasteiger partial charge in [0.2, 0.25) is 0 Å². The molecule has 168 valence electrons. The molecule has 0 atom stereocenters. The normalized spacial score (nSPS) is 14.4. The Labute approximate surface area is 191 Å². The lowest BCUT2D eigenvalue weighted by molar-refractivity contribution is -0.132. The van der Waals surface area contributed by atoms with Crippen molar-refractivity contribution >= 4 is 17.7 Å². The van der Waals surface area contributed by atoms with E-state index < -0.39 is 0 Å². The molecule has 0 amide bonds. The number of nitrogens with zero attached hydrogens (tertiary/aromatic N) is 1. The van der Waals surface area contributed by atoms with Gasteiger partial charge in [-0.2, -0.15) is 0 Å². The minimum atomic E-state index is -0.371. The van der Waals surface area contributed by atoms with Gasteiger partial charge in [0.1, 0.15) is 5.60 Å². The van der Waals surface area contributed by atoms with E-state index >= 15 is 0 Å². The summed E-state index contributed by atoms with van der Waals surface area (Å²) in [6.45, 7) is 14.0. The van der Waals surface area contributed by atoms with Crippen molar-refractivity contribution in [2.45, 2.75) is 83.5 Å². The number of carbonyl (C=O) groups excluding carboxylic acids is 1. The Kier molecular flexibility index (Phi) is 7.07. The zero-order chi connectivity index (χ0) is 22.8. The molecule has 0 bridgehead atoms. The van der Waals surface area contributed by atoms with Gasteiger partial charge in [0.05, 0.1) is 0 Å². The molecule has 0 saturated heterocycles. The second kappa shape index (κ2) is 9.25. The van der Waals surface area contributed by atoms with Gasteiger partial charge in [-0.1, -0.05) is 12.1 Å². The maximum atomic E-state index is 11.5. The van der Waals surface area contributed by atoms with E-state index in [0.717, 1.165) is 25.9 Å². The number of rotatable bonds is 7. The third-order valence-corrected chi connectivity index (χ3v) is 6.42. The van der Waals surface area contributed by atoms with E-state index in [1.807, 2.05) is 39.0 Å². The quantitative estimate of drug-likeness (QED) is 0.289. The molecule has 0 saturated carbocycles. The lowest BCUT2D eigenvalue weighted by Gasteiger charge is -2.35. The first-order valence-corrected chi connectivity index (χ1v) is 12.1. The summed E-state index contributed by atoms with van der Waals surface area (Å²) in [7, 11) is 0. The van der Waals surface area contributed by atoms with Crippen molar-refractivity contribution in [2.75, 3.05) is 6.26 Å². The number of ether oxygens (including phenoxy) is 2. The molecule has 31 heavy (non-hydrogen) atoms. The minimum absolute atomic E-state index is 0.0676. The zero-order valence-electron chi connectivity index (χ0n) is 19.9. The highest BCUT2D eigenvalue weighted by Gasteiger charge is 2.31. The lowest BCUT2D eigenvalue weighted by atomic mass is 9.93. The van der Waals surface area contributed by atoms with E-state index in [9.17, 15) is 4.79 Å². The molecule has 0 N–H and O–H groups in total. The van der Waals surface area contributed by atoms with Gasteiger partial charge < -0.3 is 9.47 Å². The Morgan fingerprint density at radius 1 is 1.00 bits per heavy atom. The molecule has 1 aliphatic rings. The summed E-state index contributed by atoms with van der Waals surface area (Å²) in [6.07, 6.45) is 4.08. The summed E-state index contributed by atoms with van der Waals surface area (Å²) in [5, 5.41) is 0. The maximum absolute atomic E-state index is 11.5. The second-order valence-corrected chi connectivity index (χ2v) is 10.8. The highest BCUT2D eigenvalue weighted by Crippen LogP contribution is 2.35. The maximum Gasteiger partial charge on any atom is 0.308 e. The van der Waals surface area contributed by atoms with E-state index in [0.29, 0.717) is 11.5 Å². The number of fused-ring (bicyclic) bond motifs is 1. The first-order valence-electron chi connectivity index (χ1n) is 10.9. The van der Waals surface area contributed by atoms with Gasteiger partial charge in [-0.05, 0) is 94.7 Å². The molecule has 4 nitrogen and oxygen atoms in total. The van der Waals surface area contributed by atoms with Gasteiger partial charge in [0, 0.05) is 30.4 Å². The fourth-order valence-corrected chi connectivity index (χ4v) is 4.36. The van der Waals surface area contributed by atoms with Crippen molar-refractivity contribution in [3.8, 4) is 11.5 Å². The lowest BCUT2D eigenvalue weighted by Crippen LogP contribution is -2.40. The molecule has 2 aromatic rings. The number of hydrogen-bond acceptors (Lipinski definition) is 5. The summed E-state index contributed by atoms with van der Waals surface area (Å²) in [4.78, 5) is 15.4. The summed E-state index contributed by atoms with van der Waals surface area (Å²) < 4.78 is 11.4. The summed E-state index contributed by atoms with van der Waals surface area (Å²) in [5.41, 5.74) is 3.77. The van der Waals surface area contributed by atoms with Crippen LogP contribution in [0, 0.1) is 0 Å². The highest BCUT2D eigenvalue weighted by molar-refractivity contribution is 7.98. The number of carbonyl (C=O) groups is 1. The second-order valence-electron chi connectivity index (χ2n) is 9.89. The molecule has 0 spiro atoms. The van der Waals surface area contributed by atoms with Gasteiger partial charge in [-0.15, -0.1) is 11.8 Å². The van der Waals surface area contributed by atoms with Gasteiger partial charge in [-0.25, -0.2) is 0 Å². The van der Waals surface area contributed by atoms with Crippen molar-refractivity contribution in [3.05, 3.63) is 53.1 Å². The van der Waals surface area contributed by atoms with E-state index in [4.69, 9.17) is 9.47 Å². The van der Waals surface area contributed by atoms with Gasteiger partial charge in [-0.3, -0.25) is 9.69 Å². The molecule has 5 heteroatoms. The fraction of sp³-hybridized carbons (Fsp3) is 0.500. The number of thioether (sulfide) groups is 1. The number of hydrogen-bond donors (Lipinski definition) is 0. The van der Waals surface area contributed by atoms with Crippen molar-refractivity contribution in [1.29, 1.82) is 0 Å². The Balaban J connectivity index is 1.71. The van der Waals surface area contributed by atoms with Crippen LogP contribution in [0.4, 0.5) is 0 Å². The summed E-state index contributed by atoms with van der Waals surface area (Å²) >= 11 is 1.80. The molecule has 0 aliphatic carbocycles. The summed E-state index contributed by atoms with van der Waals surface area (Å²) in [5.74, 6) is 0.757. The largest absolute Gasteiger partial charge is 0.484 e. The third kappa shape index (κ3) is 6.27. The Hall–Kier alpha value is -1.98. The minimum Gasteiger partial charge on any atom is -0.484 e. The molecule has 0 radical (unpaired) electrons. The van der Waals surface area contributed by atoms with Crippen LogP contribution in [-0.2, 0) is 24.3 Å².